The van der Waals surface area contributed by atoms with E-state index in [0.717, 1.165) is 30.8 Å². The van der Waals surface area contributed by atoms with E-state index in [9.17, 15) is 4.79 Å². The van der Waals surface area contributed by atoms with Crippen LogP contribution in [0, 0.1) is 6.92 Å². The number of carbonyl (C=O) groups excluding carboxylic acids is 1. The summed E-state index contributed by atoms with van der Waals surface area (Å²) in [6.45, 7) is 7.95. The van der Waals surface area contributed by atoms with Gasteiger partial charge in [-0.15, -0.1) is 0 Å². The molecule has 0 radical (unpaired) electrons. The zero-order valence-corrected chi connectivity index (χ0v) is 12.8. The Morgan fingerprint density at radius 2 is 2.25 bits per heavy atom. The molecule has 1 aliphatic rings. The van der Waals surface area contributed by atoms with Gasteiger partial charge < -0.3 is 15.0 Å². The molecule has 110 valence electrons. The molecule has 0 spiro atoms. The zero-order valence-electron chi connectivity index (χ0n) is 12.8. The van der Waals surface area contributed by atoms with Gasteiger partial charge in [0.25, 0.3) is 5.91 Å². The molecule has 1 N–H and O–H groups in total. The molecule has 1 saturated heterocycles. The molecule has 1 aliphatic heterocycles. The first-order valence-corrected chi connectivity index (χ1v) is 7.28. The van der Waals surface area contributed by atoms with Gasteiger partial charge in [-0.1, -0.05) is 24.6 Å². The van der Waals surface area contributed by atoms with Gasteiger partial charge in [0.2, 0.25) is 0 Å². The number of likely N-dealkylation sites (N-methyl/N-ethyl adjacent to an activating group) is 1. The van der Waals surface area contributed by atoms with Gasteiger partial charge in [-0.05, 0) is 26.5 Å². The van der Waals surface area contributed by atoms with Crippen molar-refractivity contribution in [2.75, 3.05) is 20.1 Å². The Balaban J connectivity index is 2.20. The average molecular weight is 276 g/mol. The van der Waals surface area contributed by atoms with E-state index in [0.29, 0.717) is 0 Å². The third-order valence-electron chi connectivity index (χ3n) is 3.79. The molecule has 20 heavy (non-hydrogen) atoms. The predicted molar refractivity (Wildman–Crippen MR) is 79.9 cm³/mol. The van der Waals surface area contributed by atoms with Crippen LogP contribution in [-0.2, 0) is 4.79 Å². The van der Waals surface area contributed by atoms with Crippen LogP contribution in [-0.4, -0.2) is 37.0 Å². The number of nitrogens with zero attached hydrogens (tertiary/aromatic N) is 1. The lowest BCUT2D eigenvalue weighted by atomic mass is 10.0. The Kier molecular flexibility index (Phi) is 4.65. The van der Waals surface area contributed by atoms with Crippen LogP contribution >= 0.6 is 0 Å². The number of hydrogen-bond acceptors (Lipinski definition) is 3. The Morgan fingerprint density at radius 3 is 2.85 bits per heavy atom. The molecule has 1 amide bonds. The smallest absolute Gasteiger partial charge is 0.263 e. The lowest BCUT2D eigenvalue weighted by molar-refractivity contribution is -0.132. The second-order valence-corrected chi connectivity index (χ2v) is 5.48. The summed E-state index contributed by atoms with van der Waals surface area (Å²) < 4.78 is 5.98. The summed E-state index contributed by atoms with van der Waals surface area (Å²) in [7, 11) is 1.82. The minimum absolute atomic E-state index is 0.0765. The molecule has 4 heteroatoms. The monoisotopic (exact) mass is 276 g/mol. The molecule has 2 unspecified atom stereocenters. The highest BCUT2D eigenvalue weighted by molar-refractivity contribution is 5.83. The van der Waals surface area contributed by atoms with E-state index in [1.165, 1.54) is 5.56 Å². The van der Waals surface area contributed by atoms with Crippen molar-refractivity contribution >= 4 is 5.91 Å². The number of hydrogen-bond donors (Lipinski definition) is 1. The first kappa shape index (κ1) is 14.9. The molecular weight excluding hydrogens is 252 g/mol. The highest BCUT2D eigenvalue weighted by Gasteiger charge is 2.31. The van der Waals surface area contributed by atoms with Crippen molar-refractivity contribution in [1.29, 1.82) is 0 Å². The van der Waals surface area contributed by atoms with Crippen LogP contribution in [0.25, 0.3) is 0 Å². The van der Waals surface area contributed by atoms with E-state index in [1.807, 2.05) is 19.2 Å². The summed E-state index contributed by atoms with van der Waals surface area (Å²) in [5, 5.41) is 3.40. The standard InChI is InChI=1S/C16H24N2O2/c1-5-17-12(3)13-10-11(2)6-7-14(13)20-15-8-9-18(4)16(15)19/h6-7,10,12,15,17H,5,8-9H2,1-4H3. The number of ether oxygens (including phenoxy) is 1. The summed E-state index contributed by atoms with van der Waals surface area (Å²) in [5.74, 6) is 0.894. The summed E-state index contributed by atoms with van der Waals surface area (Å²) in [6, 6.07) is 6.35. The Hall–Kier alpha value is -1.55. The van der Waals surface area contributed by atoms with Crippen LogP contribution in [0.4, 0.5) is 0 Å². The van der Waals surface area contributed by atoms with Gasteiger partial charge in [0.1, 0.15) is 5.75 Å². The SMILES string of the molecule is CCNC(C)c1cc(C)ccc1OC1CCN(C)C1=O. The van der Waals surface area contributed by atoms with Gasteiger partial charge in [-0.25, -0.2) is 0 Å². The van der Waals surface area contributed by atoms with Crippen LogP contribution in [0.5, 0.6) is 5.75 Å². The molecular formula is C16H24N2O2. The highest BCUT2D eigenvalue weighted by Crippen LogP contribution is 2.29. The van der Waals surface area contributed by atoms with E-state index < -0.39 is 0 Å². The first-order chi connectivity index (χ1) is 9.52. The van der Waals surface area contributed by atoms with E-state index in [-0.39, 0.29) is 18.1 Å². The number of benzene rings is 1. The number of rotatable bonds is 5. The molecule has 2 rings (SSSR count). The summed E-state index contributed by atoms with van der Waals surface area (Å²) in [5.41, 5.74) is 2.32. The third kappa shape index (κ3) is 3.12. The average Bonchev–Trinajstić information content (AvgIpc) is 2.73. The van der Waals surface area contributed by atoms with Gasteiger partial charge in [-0.3, -0.25) is 4.79 Å². The van der Waals surface area contributed by atoms with Crippen molar-refractivity contribution < 1.29 is 9.53 Å². The van der Waals surface area contributed by atoms with Gasteiger partial charge in [0.15, 0.2) is 6.10 Å². The normalized spacial score (nSPS) is 20.3. The van der Waals surface area contributed by atoms with E-state index >= 15 is 0 Å². The highest BCUT2D eigenvalue weighted by atomic mass is 16.5. The summed E-state index contributed by atoms with van der Waals surface area (Å²) in [6.07, 6.45) is 0.424. The van der Waals surface area contributed by atoms with Gasteiger partial charge in [0, 0.05) is 31.6 Å². The predicted octanol–water partition coefficient (Wildman–Crippen LogP) is 2.28. The van der Waals surface area contributed by atoms with Crippen molar-refractivity contribution in [3.8, 4) is 5.75 Å². The number of likely N-dealkylation sites (tertiary alicyclic amines) is 1. The maximum absolute atomic E-state index is 12.0. The molecule has 0 aliphatic carbocycles. The molecule has 4 nitrogen and oxygen atoms in total. The minimum atomic E-state index is -0.338. The van der Waals surface area contributed by atoms with Crippen molar-refractivity contribution in [3.63, 3.8) is 0 Å². The van der Waals surface area contributed by atoms with Crippen LogP contribution in [0.15, 0.2) is 18.2 Å². The van der Waals surface area contributed by atoms with Crippen molar-refractivity contribution in [1.82, 2.24) is 10.2 Å². The fraction of sp³-hybridized carbons (Fsp3) is 0.562. The van der Waals surface area contributed by atoms with Gasteiger partial charge in [-0.2, -0.15) is 0 Å². The number of carbonyl (C=O) groups is 1. The minimum Gasteiger partial charge on any atom is -0.480 e. The Morgan fingerprint density at radius 1 is 1.50 bits per heavy atom. The summed E-state index contributed by atoms with van der Waals surface area (Å²) >= 11 is 0. The van der Waals surface area contributed by atoms with Crippen LogP contribution < -0.4 is 10.1 Å². The second kappa shape index (κ2) is 6.27. The molecule has 1 fully saturated rings. The maximum Gasteiger partial charge on any atom is 0.263 e. The van der Waals surface area contributed by atoms with Crippen LogP contribution in [0.1, 0.15) is 37.4 Å². The van der Waals surface area contributed by atoms with Crippen molar-refractivity contribution in [2.45, 2.75) is 39.3 Å². The van der Waals surface area contributed by atoms with Gasteiger partial charge >= 0.3 is 0 Å². The Labute approximate surface area is 121 Å². The first-order valence-electron chi connectivity index (χ1n) is 7.28. The van der Waals surface area contributed by atoms with Crippen LogP contribution in [0.2, 0.25) is 0 Å². The van der Waals surface area contributed by atoms with E-state index in [2.05, 4.69) is 32.2 Å². The van der Waals surface area contributed by atoms with Crippen molar-refractivity contribution in [2.24, 2.45) is 0 Å². The van der Waals surface area contributed by atoms with Crippen molar-refractivity contribution in [3.05, 3.63) is 29.3 Å². The lowest BCUT2D eigenvalue weighted by Crippen LogP contribution is -2.30. The fourth-order valence-electron chi connectivity index (χ4n) is 2.58. The lowest BCUT2D eigenvalue weighted by Gasteiger charge is -2.20. The zero-order chi connectivity index (χ0) is 14.7. The third-order valence-corrected chi connectivity index (χ3v) is 3.79. The number of aryl methyl sites for hydroxylation is 1. The molecule has 0 bridgehead atoms. The van der Waals surface area contributed by atoms with E-state index in [1.54, 1.807) is 4.90 Å². The fourth-order valence-corrected chi connectivity index (χ4v) is 2.58. The molecule has 1 heterocycles. The summed E-state index contributed by atoms with van der Waals surface area (Å²) in [4.78, 5) is 13.7. The topological polar surface area (TPSA) is 41.6 Å². The molecule has 1 aromatic rings. The van der Waals surface area contributed by atoms with E-state index in [4.69, 9.17) is 4.74 Å². The molecule has 1 aromatic carbocycles. The molecule has 2 atom stereocenters. The van der Waals surface area contributed by atoms with Gasteiger partial charge in [0.05, 0.1) is 0 Å². The maximum atomic E-state index is 12.0. The van der Waals surface area contributed by atoms with Crippen LogP contribution in [0.3, 0.4) is 0 Å². The largest absolute Gasteiger partial charge is 0.480 e. The molecule has 0 aromatic heterocycles. The molecule has 0 saturated carbocycles. The second-order valence-electron chi connectivity index (χ2n) is 5.48. The number of amides is 1. The Bertz CT molecular complexity index is 487. The quantitative estimate of drug-likeness (QED) is 0.897. The number of nitrogens with one attached hydrogen (secondary N) is 1.